The van der Waals surface area contributed by atoms with E-state index in [1.54, 1.807) is 47.4 Å². The molecule has 0 fully saturated rings. The molecule has 0 aromatic heterocycles. The maximum absolute atomic E-state index is 12.6. The van der Waals surface area contributed by atoms with E-state index in [-0.39, 0.29) is 10.8 Å². The number of unbranched alkanes of at least 4 members (excludes halogenated alkanes) is 1. The number of hydrogen-bond donors (Lipinski definition) is 1. The van der Waals surface area contributed by atoms with Gasteiger partial charge in [-0.25, -0.2) is 8.42 Å². The van der Waals surface area contributed by atoms with Gasteiger partial charge in [0, 0.05) is 24.3 Å². The first-order valence-electron chi connectivity index (χ1n) is 9.28. The molecule has 0 bridgehead atoms. The minimum atomic E-state index is -3.66. The van der Waals surface area contributed by atoms with E-state index in [0.29, 0.717) is 17.8 Å². The number of rotatable bonds is 8. The highest BCUT2D eigenvalue weighted by Gasteiger charge is 2.17. The molecule has 2 aromatic rings. The summed E-state index contributed by atoms with van der Waals surface area (Å²) in [7, 11) is -3.66. The normalized spacial score (nSPS) is 11.3. The maximum atomic E-state index is 12.6. The van der Waals surface area contributed by atoms with E-state index >= 15 is 0 Å². The van der Waals surface area contributed by atoms with Gasteiger partial charge in [-0.15, -0.1) is 0 Å². The molecule has 146 valence electrons. The Bertz CT molecular complexity index is 890. The predicted octanol–water partition coefficient (Wildman–Crippen LogP) is 4.37. The lowest BCUT2D eigenvalue weighted by atomic mass is 10.1. The van der Waals surface area contributed by atoms with E-state index in [4.69, 9.17) is 0 Å². The van der Waals surface area contributed by atoms with Crippen LogP contribution in [-0.4, -0.2) is 32.3 Å². The molecule has 0 spiro atoms. The van der Waals surface area contributed by atoms with Crippen LogP contribution in [0.4, 0.5) is 5.69 Å². The second-order valence-electron chi connectivity index (χ2n) is 6.67. The third-order valence-electron chi connectivity index (χ3n) is 4.62. The molecule has 0 saturated heterocycles. The fourth-order valence-electron chi connectivity index (χ4n) is 2.71. The number of carbonyl (C=O) groups is 1. The molecule has 5 nitrogen and oxygen atoms in total. The van der Waals surface area contributed by atoms with Gasteiger partial charge < -0.3 is 4.90 Å². The Labute approximate surface area is 162 Å². The second kappa shape index (κ2) is 9.04. The van der Waals surface area contributed by atoms with Gasteiger partial charge in [0.05, 0.1) is 4.90 Å². The van der Waals surface area contributed by atoms with Crippen LogP contribution in [0, 0.1) is 13.8 Å². The van der Waals surface area contributed by atoms with Gasteiger partial charge in [0.25, 0.3) is 15.9 Å². The highest BCUT2D eigenvalue weighted by atomic mass is 32.2. The standard InChI is InChI=1S/C21H28N2O3S/c1-5-7-14-23(6-2)21(24)18-9-11-19(12-10-18)22-27(25,26)20-13-8-16(3)17(4)15-20/h8-13,15,22H,5-7,14H2,1-4H3. The monoisotopic (exact) mass is 388 g/mol. The summed E-state index contributed by atoms with van der Waals surface area (Å²) in [6.45, 7) is 9.25. The summed E-state index contributed by atoms with van der Waals surface area (Å²) in [4.78, 5) is 14.6. The fourth-order valence-corrected chi connectivity index (χ4v) is 3.85. The molecule has 0 atom stereocenters. The predicted molar refractivity (Wildman–Crippen MR) is 110 cm³/mol. The van der Waals surface area contributed by atoms with Gasteiger partial charge in [0.15, 0.2) is 0 Å². The summed E-state index contributed by atoms with van der Waals surface area (Å²) in [5.41, 5.74) is 2.95. The summed E-state index contributed by atoms with van der Waals surface area (Å²) in [5.74, 6) is -0.0329. The third kappa shape index (κ3) is 5.32. The van der Waals surface area contributed by atoms with E-state index in [1.807, 2.05) is 20.8 Å². The Hall–Kier alpha value is -2.34. The Kier molecular flexibility index (Phi) is 7.02. The van der Waals surface area contributed by atoms with Crippen LogP contribution in [0.1, 0.15) is 48.2 Å². The van der Waals surface area contributed by atoms with Crippen LogP contribution in [0.25, 0.3) is 0 Å². The van der Waals surface area contributed by atoms with Gasteiger partial charge in [-0.2, -0.15) is 0 Å². The molecular formula is C21H28N2O3S. The molecule has 0 aliphatic rings. The van der Waals surface area contributed by atoms with E-state index in [9.17, 15) is 13.2 Å². The quantitative estimate of drug-likeness (QED) is 0.730. The van der Waals surface area contributed by atoms with Crippen molar-refractivity contribution >= 4 is 21.6 Å². The minimum Gasteiger partial charge on any atom is -0.339 e. The first kappa shape index (κ1) is 21.0. The van der Waals surface area contributed by atoms with E-state index < -0.39 is 10.0 Å². The summed E-state index contributed by atoms with van der Waals surface area (Å²) in [5, 5.41) is 0. The lowest BCUT2D eigenvalue weighted by molar-refractivity contribution is 0.0762. The van der Waals surface area contributed by atoms with Crippen LogP contribution >= 0.6 is 0 Å². The topological polar surface area (TPSA) is 66.5 Å². The number of hydrogen-bond acceptors (Lipinski definition) is 3. The zero-order chi connectivity index (χ0) is 20.0. The average molecular weight is 389 g/mol. The van der Waals surface area contributed by atoms with Crippen molar-refractivity contribution < 1.29 is 13.2 Å². The van der Waals surface area contributed by atoms with Gasteiger partial charge in [0.2, 0.25) is 0 Å². The summed E-state index contributed by atoms with van der Waals surface area (Å²) in [6, 6.07) is 11.6. The molecule has 2 rings (SSSR count). The summed E-state index contributed by atoms with van der Waals surface area (Å²) >= 11 is 0. The number of sulfonamides is 1. The number of nitrogens with zero attached hydrogens (tertiary/aromatic N) is 1. The Morgan fingerprint density at radius 1 is 1.00 bits per heavy atom. The number of benzene rings is 2. The molecule has 2 aromatic carbocycles. The van der Waals surface area contributed by atoms with Gasteiger partial charge >= 0.3 is 0 Å². The Morgan fingerprint density at radius 3 is 2.22 bits per heavy atom. The fraction of sp³-hybridized carbons (Fsp3) is 0.381. The third-order valence-corrected chi connectivity index (χ3v) is 6.00. The van der Waals surface area contributed by atoms with Crippen LogP contribution in [0.15, 0.2) is 47.4 Å². The molecular weight excluding hydrogens is 360 g/mol. The van der Waals surface area contributed by atoms with Crippen molar-refractivity contribution in [2.45, 2.75) is 45.4 Å². The van der Waals surface area contributed by atoms with Crippen LogP contribution in [0.2, 0.25) is 0 Å². The highest BCUT2D eigenvalue weighted by molar-refractivity contribution is 7.92. The molecule has 0 unspecified atom stereocenters. The molecule has 1 amide bonds. The molecule has 0 saturated carbocycles. The first-order chi connectivity index (χ1) is 12.8. The number of carbonyl (C=O) groups excluding carboxylic acids is 1. The Balaban J connectivity index is 2.14. The zero-order valence-corrected chi connectivity index (χ0v) is 17.3. The lowest BCUT2D eigenvalue weighted by Gasteiger charge is -2.20. The molecule has 0 heterocycles. The SMILES string of the molecule is CCCCN(CC)C(=O)c1ccc(NS(=O)(=O)c2ccc(C)c(C)c2)cc1. The highest BCUT2D eigenvalue weighted by Crippen LogP contribution is 2.19. The van der Waals surface area contributed by atoms with E-state index in [1.165, 1.54) is 0 Å². The van der Waals surface area contributed by atoms with Crippen LogP contribution in [-0.2, 0) is 10.0 Å². The molecule has 0 aliphatic heterocycles. The van der Waals surface area contributed by atoms with Crippen LogP contribution in [0.3, 0.4) is 0 Å². The van der Waals surface area contributed by atoms with Crippen LogP contribution < -0.4 is 4.72 Å². The van der Waals surface area contributed by atoms with Crippen molar-refractivity contribution in [3.8, 4) is 0 Å². The lowest BCUT2D eigenvalue weighted by Crippen LogP contribution is -2.31. The number of aryl methyl sites for hydroxylation is 2. The van der Waals surface area contributed by atoms with Gasteiger partial charge in [-0.05, 0) is 74.7 Å². The first-order valence-corrected chi connectivity index (χ1v) is 10.8. The second-order valence-corrected chi connectivity index (χ2v) is 8.35. The molecule has 1 N–H and O–H groups in total. The van der Waals surface area contributed by atoms with Gasteiger partial charge in [-0.3, -0.25) is 9.52 Å². The van der Waals surface area contributed by atoms with Gasteiger partial charge in [-0.1, -0.05) is 19.4 Å². The largest absolute Gasteiger partial charge is 0.339 e. The minimum absolute atomic E-state index is 0.0329. The van der Waals surface area contributed by atoms with Crippen molar-refractivity contribution in [3.63, 3.8) is 0 Å². The van der Waals surface area contributed by atoms with Crippen LogP contribution in [0.5, 0.6) is 0 Å². The van der Waals surface area contributed by atoms with Crippen molar-refractivity contribution in [3.05, 3.63) is 59.2 Å². The van der Waals surface area contributed by atoms with Crippen molar-refractivity contribution in [2.75, 3.05) is 17.8 Å². The average Bonchev–Trinajstić information content (AvgIpc) is 2.64. The Morgan fingerprint density at radius 2 is 1.67 bits per heavy atom. The van der Waals surface area contributed by atoms with E-state index in [2.05, 4.69) is 11.6 Å². The number of anilines is 1. The molecule has 0 radical (unpaired) electrons. The summed E-state index contributed by atoms with van der Waals surface area (Å²) < 4.78 is 27.7. The smallest absolute Gasteiger partial charge is 0.261 e. The number of amides is 1. The summed E-state index contributed by atoms with van der Waals surface area (Å²) in [6.07, 6.45) is 2.00. The van der Waals surface area contributed by atoms with Gasteiger partial charge in [0.1, 0.15) is 0 Å². The molecule has 6 heteroatoms. The number of nitrogens with one attached hydrogen (secondary N) is 1. The van der Waals surface area contributed by atoms with Crippen molar-refractivity contribution in [2.24, 2.45) is 0 Å². The molecule has 0 aliphatic carbocycles. The van der Waals surface area contributed by atoms with Crippen molar-refractivity contribution in [1.82, 2.24) is 4.90 Å². The van der Waals surface area contributed by atoms with E-state index in [0.717, 1.165) is 30.5 Å². The maximum Gasteiger partial charge on any atom is 0.261 e. The zero-order valence-electron chi connectivity index (χ0n) is 16.5. The van der Waals surface area contributed by atoms with Crippen molar-refractivity contribution in [1.29, 1.82) is 0 Å². The molecule has 27 heavy (non-hydrogen) atoms.